The minimum Gasteiger partial charge on any atom is -0.379 e. The zero-order valence-electron chi connectivity index (χ0n) is 14.4. The van der Waals surface area contributed by atoms with E-state index >= 15 is 0 Å². The maximum atomic E-state index is 13.2. The second kappa shape index (κ2) is 10.2. The normalized spacial score (nSPS) is 13.1. The fourth-order valence-electron chi connectivity index (χ4n) is 2.05. The molecule has 0 bridgehead atoms. The molecule has 5 heteroatoms. The average Bonchev–Trinajstić information content (AvgIpc) is 2.59. The lowest BCUT2D eigenvalue weighted by molar-refractivity contribution is 0.111. The van der Waals surface area contributed by atoms with Crippen LogP contribution < -0.4 is 5.32 Å². The summed E-state index contributed by atoms with van der Waals surface area (Å²) in [6.45, 7) is 10.2. The highest BCUT2D eigenvalue weighted by Gasteiger charge is 2.14. The van der Waals surface area contributed by atoms with Crippen LogP contribution in [0.5, 0.6) is 0 Å². The summed E-state index contributed by atoms with van der Waals surface area (Å²) in [6, 6.07) is 0. The smallest absolute Gasteiger partial charge is 0.170 e. The molecule has 0 aliphatic rings. The number of hydrogen-bond acceptors (Lipinski definition) is 3. The van der Waals surface area contributed by atoms with E-state index in [4.69, 9.17) is 0 Å². The third-order valence-electron chi connectivity index (χ3n) is 3.65. The first-order valence-corrected chi connectivity index (χ1v) is 8.75. The minimum atomic E-state index is -0.254. The third kappa shape index (κ3) is 6.04. The Kier molecular flexibility index (Phi) is 8.61. The van der Waals surface area contributed by atoms with Crippen molar-refractivity contribution in [3.63, 3.8) is 0 Å². The molecule has 0 spiro atoms. The van der Waals surface area contributed by atoms with Gasteiger partial charge in [-0.3, -0.25) is 9.78 Å². The van der Waals surface area contributed by atoms with Gasteiger partial charge in [0.05, 0.1) is 5.69 Å². The van der Waals surface area contributed by atoms with Crippen LogP contribution in [-0.4, -0.2) is 17.8 Å². The van der Waals surface area contributed by atoms with E-state index in [1.807, 2.05) is 19.9 Å². The van der Waals surface area contributed by atoms with Gasteiger partial charge >= 0.3 is 0 Å². The standard InChI is InChI=1S/C19H24BrFN2O/c1-5-13(3)10-23-19-17(12-24)22-11-15(18(19)20)9-14(4)7-8-16(21)6-2/h6-8,11-12,14,23H,3,5,9-10H2,1-2,4H3/b8-7-,16-6+. The SMILES string of the molecule is C=C(CC)CNc1c(C=O)ncc(CC(C)/C=C\C(F)=C/C)c1Br. The van der Waals surface area contributed by atoms with E-state index in [2.05, 4.69) is 32.8 Å². The fourth-order valence-corrected chi connectivity index (χ4v) is 2.65. The van der Waals surface area contributed by atoms with Crippen LogP contribution in [0.1, 0.15) is 43.2 Å². The van der Waals surface area contributed by atoms with E-state index < -0.39 is 0 Å². The first-order chi connectivity index (χ1) is 11.4. The number of anilines is 1. The quantitative estimate of drug-likeness (QED) is 0.334. The van der Waals surface area contributed by atoms with E-state index in [1.165, 1.54) is 12.2 Å². The summed E-state index contributed by atoms with van der Waals surface area (Å²) in [7, 11) is 0. The number of hydrogen-bond donors (Lipinski definition) is 1. The van der Waals surface area contributed by atoms with Gasteiger partial charge in [0.1, 0.15) is 11.5 Å². The van der Waals surface area contributed by atoms with Crippen molar-refractivity contribution in [3.8, 4) is 0 Å². The Hall–Kier alpha value is -1.75. The average molecular weight is 395 g/mol. The largest absolute Gasteiger partial charge is 0.379 e. The molecule has 1 unspecified atom stereocenters. The van der Waals surface area contributed by atoms with Crippen LogP contribution in [0, 0.1) is 5.92 Å². The van der Waals surface area contributed by atoms with E-state index in [-0.39, 0.29) is 11.7 Å². The molecule has 1 aromatic heterocycles. The molecular weight excluding hydrogens is 371 g/mol. The van der Waals surface area contributed by atoms with Crippen LogP contribution in [0.2, 0.25) is 0 Å². The number of aldehydes is 1. The Morgan fingerprint density at radius 1 is 1.54 bits per heavy atom. The van der Waals surface area contributed by atoms with Crippen molar-refractivity contribution in [2.45, 2.75) is 33.6 Å². The van der Waals surface area contributed by atoms with Crippen LogP contribution in [0.3, 0.4) is 0 Å². The summed E-state index contributed by atoms with van der Waals surface area (Å²) in [6.07, 6.45) is 8.68. The number of nitrogens with zero attached hydrogens (tertiary/aromatic N) is 1. The molecule has 0 saturated heterocycles. The summed E-state index contributed by atoms with van der Waals surface area (Å²) < 4.78 is 14.0. The van der Waals surface area contributed by atoms with Crippen molar-refractivity contribution in [2.24, 2.45) is 5.92 Å². The van der Waals surface area contributed by atoms with Crippen LogP contribution >= 0.6 is 15.9 Å². The summed E-state index contributed by atoms with van der Waals surface area (Å²) in [4.78, 5) is 15.5. The highest BCUT2D eigenvalue weighted by atomic mass is 79.9. The number of rotatable bonds is 9. The molecule has 1 rings (SSSR count). The van der Waals surface area contributed by atoms with Gasteiger partial charge < -0.3 is 5.32 Å². The number of carbonyl (C=O) groups is 1. The van der Waals surface area contributed by atoms with Gasteiger partial charge in [0.2, 0.25) is 0 Å². The van der Waals surface area contributed by atoms with Gasteiger partial charge in [-0.25, -0.2) is 4.39 Å². The topological polar surface area (TPSA) is 42.0 Å². The summed E-state index contributed by atoms with van der Waals surface area (Å²) in [5.74, 6) is -0.120. The molecule has 0 aliphatic heterocycles. The van der Waals surface area contributed by atoms with Gasteiger partial charge in [-0.15, -0.1) is 0 Å². The highest BCUT2D eigenvalue weighted by Crippen LogP contribution is 2.30. The van der Waals surface area contributed by atoms with Crippen LogP contribution in [0.4, 0.5) is 10.1 Å². The number of allylic oxidation sites excluding steroid dienone is 4. The predicted molar refractivity (Wildman–Crippen MR) is 102 cm³/mol. The van der Waals surface area contributed by atoms with Crippen molar-refractivity contribution in [1.82, 2.24) is 4.98 Å². The second-order valence-electron chi connectivity index (χ2n) is 5.65. The van der Waals surface area contributed by atoms with Crippen molar-refractivity contribution < 1.29 is 9.18 Å². The monoisotopic (exact) mass is 394 g/mol. The molecular formula is C19H24BrFN2O. The van der Waals surface area contributed by atoms with E-state index in [9.17, 15) is 9.18 Å². The second-order valence-corrected chi connectivity index (χ2v) is 6.44. The van der Waals surface area contributed by atoms with Gasteiger partial charge in [-0.05, 0) is 53.3 Å². The van der Waals surface area contributed by atoms with Crippen LogP contribution in [-0.2, 0) is 6.42 Å². The van der Waals surface area contributed by atoms with E-state index in [0.29, 0.717) is 24.3 Å². The fraction of sp³-hybridized carbons (Fsp3) is 0.368. The molecule has 1 atom stereocenters. The Morgan fingerprint density at radius 2 is 2.25 bits per heavy atom. The number of aromatic nitrogens is 1. The molecule has 1 N–H and O–H groups in total. The molecule has 0 aromatic carbocycles. The molecule has 3 nitrogen and oxygen atoms in total. The van der Waals surface area contributed by atoms with Crippen LogP contribution in [0.15, 0.2) is 46.9 Å². The van der Waals surface area contributed by atoms with Crippen LogP contribution in [0.25, 0.3) is 0 Å². The van der Waals surface area contributed by atoms with Crippen molar-refractivity contribution >= 4 is 27.9 Å². The lowest BCUT2D eigenvalue weighted by Gasteiger charge is -2.15. The molecule has 0 amide bonds. The molecule has 1 aromatic rings. The summed E-state index contributed by atoms with van der Waals surface area (Å²) >= 11 is 3.57. The van der Waals surface area contributed by atoms with Gasteiger partial charge in [0.25, 0.3) is 0 Å². The minimum absolute atomic E-state index is 0.134. The molecule has 0 aliphatic carbocycles. The number of pyridine rings is 1. The lowest BCUT2D eigenvalue weighted by Crippen LogP contribution is -2.10. The predicted octanol–water partition coefficient (Wildman–Crippen LogP) is 5.64. The molecule has 0 fully saturated rings. The molecule has 130 valence electrons. The molecule has 1 heterocycles. The highest BCUT2D eigenvalue weighted by molar-refractivity contribution is 9.10. The summed E-state index contributed by atoms with van der Waals surface area (Å²) in [5.41, 5.74) is 3.04. The Morgan fingerprint density at radius 3 is 2.83 bits per heavy atom. The number of nitrogens with one attached hydrogen (secondary N) is 1. The lowest BCUT2D eigenvalue weighted by atomic mass is 10.0. The van der Waals surface area contributed by atoms with E-state index in [1.54, 1.807) is 13.1 Å². The van der Waals surface area contributed by atoms with Gasteiger partial charge in [-0.1, -0.05) is 38.2 Å². The Balaban J connectivity index is 2.98. The van der Waals surface area contributed by atoms with Crippen molar-refractivity contribution in [1.29, 1.82) is 0 Å². The number of halogens is 2. The molecule has 24 heavy (non-hydrogen) atoms. The number of carbonyl (C=O) groups excluding carboxylic acids is 1. The van der Waals surface area contributed by atoms with E-state index in [0.717, 1.165) is 28.3 Å². The third-order valence-corrected chi connectivity index (χ3v) is 4.55. The maximum Gasteiger partial charge on any atom is 0.170 e. The molecule has 0 saturated carbocycles. The molecule has 0 radical (unpaired) electrons. The zero-order valence-corrected chi connectivity index (χ0v) is 16.0. The Labute approximate surface area is 151 Å². The van der Waals surface area contributed by atoms with Crippen molar-refractivity contribution in [3.05, 3.63) is 58.1 Å². The zero-order chi connectivity index (χ0) is 18.1. The van der Waals surface area contributed by atoms with Crippen molar-refractivity contribution in [2.75, 3.05) is 11.9 Å². The first kappa shape index (κ1) is 20.3. The van der Waals surface area contributed by atoms with Gasteiger partial charge in [-0.2, -0.15) is 0 Å². The van der Waals surface area contributed by atoms with Gasteiger partial charge in [0.15, 0.2) is 6.29 Å². The van der Waals surface area contributed by atoms with Gasteiger partial charge in [0, 0.05) is 17.2 Å². The summed E-state index contributed by atoms with van der Waals surface area (Å²) in [5, 5.41) is 3.23. The Bertz CT molecular complexity index is 653. The first-order valence-electron chi connectivity index (χ1n) is 7.95. The maximum absolute atomic E-state index is 13.2.